The topological polar surface area (TPSA) is 36.1 Å². The highest BCUT2D eigenvalue weighted by Gasteiger charge is 2.21. The van der Waals surface area contributed by atoms with Crippen molar-refractivity contribution in [3.8, 4) is 0 Å². The van der Waals surface area contributed by atoms with Crippen LogP contribution in [0.5, 0.6) is 0 Å². The fourth-order valence-corrected chi connectivity index (χ4v) is 3.12. The predicted molar refractivity (Wildman–Crippen MR) is 77.2 cm³/mol. The summed E-state index contributed by atoms with van der Waals surface area (Å²) in [6.07, 6.45) is 7.01. The molecule has 0 bridgehead atoms. The molecule has 3 nitrogen and oxygen atoms in total. The number of hydrogen-bond acceptors (Lipinski definition) is 1. The zero-order chi connectivity index (χ0) is 13.2. The van der Waals surface area contributed by atoms with Crippen molar-refractivity contribution < 1.29 is 4.79 Å². The van der Waals surface area contributed by atoms with E-state index in [0.29, 0.717) is 5.92 Å². The second kappa shape index (κ2) is 5.08. The highest BCUT2D eigenvalue weighted by molar-refractivity contribution is 6.06. The highest BCUT2D eigenvalue weighted by atomic mass is 16.2. The van der Waals surface area contributed by atoms with Gasteiger partial charge in [-0.05, 0) is 24.8 Å². The molecule has 100 valence electrons. The number of aromatic amines is 1. The maximum absolute atomic E-state index is 12.5. The van der Waals surface area contributed by atoms with Crippen molar-refractivity contribution in [2.75, 3.05) is 13.6 Å². The SMILES string of the molecule is CN(CC1CCCC1)C(=O)c1c[nH]c2ccccc12. The monoisotopic (exact) mass is 256 g/mol. The number of carbonyl (C=O) groups excluding carboxylic acids is 1. The first-order chi connectivity index (χ1) is 9.25. The third kappa shape index (κ3) is 2.37. The van der Waals surface area contributed by atoms with E-state index in [-0.39, 0.29) is 5.91 Å². The summed E-state index contributed by atoms with van der Waals surface area (Å²) in [5.74, 6) is 0.823. The average molecular weight is 256 g/mol. The van der Waals surface area contributed by atoms with Crippen LogP contribution in [0.3, 0.4) is 0 Å². The maximum atomic E-state index is 12.5. The number of fused-ring (bicyclic) bond motifs is 1. The Kier molecular flexibility index (Phi) is 3.28. The average Bonchev–Trinajstić information content (AvgIpc) is 3.06. The Balaban J connectivity index is 1.78. The Bertz CT molecular complexity index is 581. The number of para-hydroxylation sites is 1. The number of H-pyrrole nitrogens is 1. The van der Waals surface area contributed by atoms with Gasteiger partial charge in [-0.1, -0.05) is 31.0 Å². The molecule has 1 saturated carbocycles. The van der Waals surface area contributed by atoms with Gasteiger partial charge in [0.1, 0.15) is 0 Å². The van der Waals surface area contributed by atoms with Crippen molar-refractivity contribution >= 4 is 16.8 Å². The number of hydrogen-bond donors (Lipinski definition) is 1. The minimum atomic E-state index is 0.129. The largest absolute Gasteiger partial charge is 0.360 e. The van der Waals surface area contributed by atoms with Gasteiger partial charge in [0.2, 0.25) is 0 Å². The van der Waals surface area contributed by atoms with E-state index in [0.717, 1.165) is 23.0 Å². The summed E-state index contributed by atoms with van der Waals surface area (Å²) in [6, 6.07) is 7.96. The zero-order valence-corrected chi connectivity index (χ0v) is 11.4. The Morgan fingerprint density at radius 3 is 2.84 bits per heavy atom. The summed E-state index contributed by atoms with van der Waals surface area (Å²) in [7, 11) is 1.92. The van der Waals surface area contributed by atoms with Crippen molar-refractivity contribution in [1.82, 2.24) is 9.88 Å². The Labute approximate surface area is 113 Å². The number of aromatic nitrogens is 1. The van der Waals surface area contributed by atoms with Crippen molar-refractivity contribution in [3.63, 3.8) is 0 Å². The summed E-state index contributed by atoms with van der Waals surface area (Å²) in [6.45, 7) is 0.887. The molecule has 0 saturated heterocycles. The van der Waals surface area contributed by atoms with Gasteiger partial charge >= 0.3 is 0 Å². The number of nitrogens with one attached hydrogen (secondary N) is 1. The molecule has 0 spiro atoms. The lowest BCUT2D eigenvalue weighted by molar-refractivity contribution is 0.0775. The summed E-state index contributed by atoms with van der Waals surface area (Å²) < 4.78 is 0. The van der Waals surface area contributed by atoms with Crippen LogP contribution in [0.15, 0.2) is 30.5 Å². The van der Waals surface area contributed by atoms with E-state index in [4.69, 9.17) is 0 Å². The minimum absolute atomic E-state index is 0.129. The molecule has 2 aromatic rings. The van der Waals surface area contributed by atoms with Gasteiger partial charge < -0.3 is 9.88 Å². The lowest BCUT2D eigenvalue weighted by Gasteiger charge is -2.20. The second-order valence-electron chi connectivity index (χ2n) is 5.58. The smallest absolute Gasteiger partial charge is 0.255 e. The van der Waals surface area contributed by atoms with Crippen LogP contribution >= 0.6 is 0 Å². The van der Waals surface area contributed by atoms with E-state index in [1.165, 1.54) is 25.7 Å². The first-order valence-electron chi connectivity index (χ1n) is 7.07. The number of rotatable bonds is 3. The quantitative estimate of drug-likeness (QED) is 0.897. The molecular weight excluding hydrogens is 236 g/mol. The first-order valence-corrected chi connectivity index (χ1v) is 7.07. The second-order valence-corrected chi connectivity index (χ2v) is 5.58. The van der Waals surface area contributed by atoms with Crippen LogP contribution in [-0.2, 0) is 0 Å². The molecule has 1 heterocycles. The zero-order valence-electron chi connectivity index (χ0n) is 11.4. The third-order valence-electron chi connectivity index (χ3n) is 4.17. The van der Waals surface area contributed by atoms with Gasteiger partial charge in [0.25, 0.3) is 5.91 Å². The van der Waals surface area contributed by atoms with Crippen molar-refractivity contribution in [1.29, 1.82) is 0 Å². The third-order valence-corrected chi connectivity index (χ3v) is 4.17. The van der Waals surface area contributed by atoms with Gasteiger partial charge in [0.05, 0.1) is 5.56 Å². The molecule has 1 fully saturated rings. The van der Waals surface area contributed by atoms with Crippen LogP contribution in [0.2, 0.25) is 0 Å². The number of amides is 1. The van der Waals surface area contributed by atoms with E-state index in [9.17, 15) is 4.79 Å². The molecule has 1 aliphatic rings. The molecule has 19 heavy (non-hydrogen) atoms. The number of nitrogens with zero attached hydrogens (tertiary/aromatic N) is 1. The maximum Gasteiger partial charge on any atom is 0.255 e. The van der Waals surface area contributed by atoms with E-state index in [1.807, 2.05) is 42.4 Å². The number of carbonyl (C=O) groups is 1. The van der Waals surface area contributed by atoms with E-state index in [1.54, 1.807) is 0 Å². The van der Waals surface area contributed by atoms with Crippen LogP contribution in [0.1, 0.15) is 36.0 Å². The molecule has 1 amide bonds. The first kappa shape index (κ1) is 12.3. The fraction of sp³-hybridized carbons (Fsp3) is 0.438. The Morgan fingerprint density at radius 1 is 1.32 bits per heavy atom. The van der Waals surface area contributed by atoms with Gasteiger partial charge in [-0.2, -0.15) is 0 Å². The molecule has 1 N–H and O–H groups in total. The fourth-order valence-electron chi connectivity index (χ4n) is 3.12. The summed E-state index contributed by atoms with van der Waals surface area (Å²) >= 11 is 0. The molecule has 1 aromatic carbocycles. The van der Waals surface area contributed by atoms with Crippen molar-refractivity contribution in [3.05, 3.63) is 36.0 Å². The molecule has 1 aliphatic carbocycles. The summed E-state index contributed by atoms with van der Waals surface area (Å²) in [5.41, 5.74) is 1.82. The van der Waals surface area contributed by atoms with Gasteiger partial charge in [-0.3, -0.25) is 4.79 Å². The van der Waals surface area contributed by atoms with Crippen molar-refractivity contribution in [2.45, 2.75) is 25.7 Å². The molecule has 1 aromatic heterocycles. The minimum Gasteiger partial charge on any atom is -0.360 e. The molecule has 0 aliphatic heterocycles. The lowest BCUT2D eigenvalue weighted by atomic mass is 10.1. The van der Waals surface area contributed by atoms with Gasteiger partial charge in [-0.15, -0.1) is 0 Å². The van der Waals surface area contributed by atoms with E-state index < -0.39 is 0 Å². The lowest BCUT2D eigenvalue weighted by Crippen LogP contribution is -2.30. The molecule has 3 heteroatoms. The molecule has 0 radical (unpaired) electrons. The highest BCUT2D eigenvalue weighted by Crippen LogP contribution is 2.26. The van der Waals surface area contributed by atoms with Gasteiger partial charge in [0, 0.05) is 30.7 Å². The standard InChI is InChI=1S/C16H20N2O/c1-18(11-12-6-2-3-7-12)16(19)14-10-17-15-9-5-4-8-13(14)15/h4-5,8-10,12,17H,2-3,6-7,11H2,1H3. The number of benzene rings is 1. The van der Waals surface area contributed by atoms with Gasteiger partial charge in [-0.25, -0.2) is 0 Å². The molecular formula is C16H20N2O. The Hall–Kier alpha value is -1.77. The van der Waals surface area contributed by atoms with Crippen LogP contribution in [0.25, 0.3) is 10.9 Å². The molecule has 0 atom stereocenters. The summed E-state index contributed by atoms with van der Waals surface area (Å²) in [4.78, 5) is 17.6. The van der Waals surface area contributed by atoms with Crippen LogP contribution in [-0.4, -0.2) is 29.4 Å². The van der Waals surface area contributed by atoms with Crippen LogP contribution in [0.4, 0.5) is 0 Å². The Morgan fingerprint density at radius 2 is 2.05 bits per heavy atom. The van der Waals surface area contributed by atoms with Crippen LogP contribution in [0, 0.1) is 5.92 Å². The predicted octanol–water partition coefficient (Wildman–Crippen LogP) is 3.43. The molecule has 3 rings (SSSR count). The van der Waals surface area contributed by atoms with E-state index in [2.05, 4.69) is 4.98 Å². The van der Waals surface area contributed by atoms with Crippen LogP contribution < -0.4 is 0 Å². The normalized spacial score (nSPS) is 16.1. The van der Waals surface area contributed by atoms with Crippen molar-refractivity contribution in [2.24, 2.45) is 5.92 Å². The van der Waals surface area contributed by atoms with E-state index >= 15 is 0 Å². The molecule has 0 unspecified atom stereocenters. The summed E-state index contributed by atoms with van der Waals surface area (Å²) in [5, 5.41) is 1.02. The van der Waals surface area contributed by atoms with Gasteiger partial charge in [0.15, 0.2) is 0 Å².